The Morgan fingerprint density at radius 3 is 2.31 bits per heavy atom. The lowest BCUT2D eigenvalue weighted by molar-refractivity contribution is 0.0597. The highest BCUT2D eigenvalue weighted by Crippen LogP contribution is 2.28. The summed E-state index contributed by atoms with van der Waals surface area (Å²) in [6.07, 6.45) is 0. The van der Waals surface area contributed by atoms with E-state index in [1.54, 1.807) is 26.3 Å². The molecular formula is C23H31IN4O4. The number of para-hydroxylation sites is 2. The molecule has 1 aliphatic rings. The molecule has 8 nitrogen and oxygen atoms in total. The first-order valence-electron chi connectivity index (χ1n) is 10.2. The van der Waals surface area contributed by atoms with Crippen molar-refractivity contribution in [3.63, 3.8) is 0 Å². The molecule has 1 heterocycles. The molecule has 3 rings (SSSR count). The predicted molar refractivity (Wildman–Crippen MR) is 137 cm³/mol. The molecule has 0 amide bonds. The van der Waals surface area contributed by atoms with Gasteiger partial charge in [0.2, 0.25) is 0 Å². The summed E-state index contributed by atoms with van der Waals surface area (Å²) < 4.78 is 15.6. The number of halogens is 1. The molecule has 174 valence electrons. The number of carbonyl (C=O) groups excluding carboxylic acids is 1. The molecule has 0 unspecified atom stereocenters. The zero-order valence-electron chi connectivity index (χ0n) is 19.0. The fraction of sp³-hybridized carbons (Fsp3) is 0.391. The van der Waals surface area contributed by atoms with Crippen LogP contribution in [0.3, 0.4) is 0 Å². The molecule has 9 heteroatoms. The van der Waals surface area contributed by atoms with E-state index in [1.165, 1.54) is 14.2 Å². The van der Waals surface area contributed by atoms with Crippen molar-refractivity contribution in [1.82, 2.24) is 10.2 Å². The van der Waals surface area contributed by atoms with E-state index in [4.69, 9.17) is 14.2 Å². The number of hydrogen-bond acceptors (Lipinski definition) is 6. The van der Waals surface area contributed by atoms with Crippen molar-refractivity contribution in [1.29, 1.82) is 0 Å². The minimum Gasteiger partial charge on any atom is -0.496 e. The van der Waals surface area contributed by atoms with Gasteiger partial charge in [-0.1, -0.05) is 18.2 Å². The first-order valence-corrected chi connectivity index (χ1v) is 10.2. The van der Waals surface area contributed by atoms with Gasteiger partial charge in [0.1, 0.15) is 17.1 Å². The van der Waals surface area contributed by atoms with E-state index in [2.05, 4.69) is 26.2 Å². The summed E-state index contributed by atoms with van der Waals surface area (Å²) in [5.41, 5.74) is 2.46. The van der Waals surface area contributed by atoms with Crippen molar-refractivity contribution in [2.45, 2.75) is 6.54 Å². The Kier molecular flexibility index (Phi) is 9.89. The van der Waals surface area contributed by atoms with Crippen molar-refractivity contribution in [2.75, 3.05) is 59.5 Å². The van der Waals surface area contributed by atoms with E-state index in [0.29, 0.717) is 17.9 Å². The molecule has 1 aliphatic heterocycles. The maximum absolute atomic E-state index is 12.0. The van der Waals surface area contributed by atoms with E-state index >= 15 is 0 Å². The highest BCUT2D eigenvalue weighted by Gasteiger charge is 2.22. The number of benzene rings is 2. The largest absolute Gasteiger partial charge is 0.496 e. The summed E-state index contributed by atoms with van der Waals surface area (Å²) in [6, 6.07) is 13.6. The van der Waals surface area contributed by atoms with Crippen LogP contribution in [0, 0.1) is 0 Å². The maximum Gasteiger partial charge on any atom is 0.341 e. The quantitative estimate of drug-likeness (QED) is 0.255. The molecule has 0 saturated carbocycles. The number of esters is 1. The van der Waals surface area contributed by atoms with E-state index in [9.17, 15) is 4.79 Å². The fourth-order valence-corrected chi connectivity index (χ4v) is 3.70. The predicted octanol–water partition coefficient (Wildman–Crippen LogP) is 3.01. The minimum absolute atomic E-state index is 0. The molecule has 32 heavy (non-hydrogen) atoms. The molecule has 0 atom stereocenters. The van der Waals surface area contributed by atoms with Gasteiger partial charge in [-0.2, -0.15) is 0 Å². The van der Waals surface area contributed by atoms with Crippen molar-refractivity contribution in [3.05, 3.63) is 53.6 Å². The van der Waals surface area contributed by atoms with Crippen LogP contribution in [0.2, 0.25) is 0 Å². The van der Waals surface area contributed by atoms with Crippen molar-refractivity contribution >= 4 is 41.6 Å². The molecular weight excluding hydrogens is 523 g/mol. The van der Waals surface area contributed by atoms with Crippen molar-refractivity contribution in [2.24, 2.45) is 4.99 Å². The number of hydrogen-bond donors (Lipinski definition) is 1. The van der Waals surface area contributed by atoms with Crippen LogP contribution in [0.5, 0.6) is 11.5 Å². The van der Waals surface area contributed by atoms with Gasteiger partial charge in [-0.3, -0.25) is 4.99 Å². The SMILES string of the molecule is CN=C(NCc1ccc(OC)c(C(=O)OC)c1)N1CCN(c2ccccc2OC)CC1.I. The number of aliphatic imine (C=N–C) groups is 1. The minimum atomic E-state index is -0.421. The Morgan fingerprint density at radius 2 is 1.69 bits per heavy atom. The number of rotatable bonds is 6. The second kappa shape index (κ2) is 12.4. The van der Waals surface area contributed by atoms with Crippen molar-refractivity contribution in [3.8, 4) is 11.5 Å². The Bertz CT molecular complexity index is 930. The first-order chi connectivity index (χ1) is 15.1. The van der Waals surface area contributed by atoms with Crippen LogP contribution < -0.4 is 19.7 Å². The van der Waals surface area contributed by atoms with Gasteiger partial charge in [-0.25, -0.2) is 4.79 Å². The van der Waals surface area contributed by atoms with E-state index in [-0.39, 0.29) is 24.0 Å². The zero-order valence-corrected chi connectivity index (χ0v) is 21.3. The van der Waals surface area contributed by atoms with Gasteiger partial charge >= 0.3 is 5.97 Å². The molecule has 1 fully saturated rings. The van der Waals surface area contributed by atoms with Crippen LogP contribution in [0.15, 0.2) is 47.5 Å². The molecule has 0 spiro atoms. The number of nitrogens with zero attached hydrogens (tertiary/aromatic N) is 3. The van der Waals surface area contributed by atoms with Gasteiger partial charge in [0.25, 0.3) is 0 Å². The molecule has 2 aromatic carbocycles. The van der Waals surface area contributed by atoms with Gasteiger partial charge in [0, 0.05) is 39.8 Å². The van der Waals surface area contributed by atoms with Crippen LogP contribution in [0.1, 0.15) is 15.9 Å². The third-order valence-corrected chi connectivity index (χ3v) is 5.34. The van der Waals surface area contributed by atoms with E-state index in [1.807, 2.05) is 24.3 Å². The van der Waals surface area contributed by atoms with Crippen molar-refractivity contribution < 1.29 is 19.0 Å². The van der Waals surface area contributed by atoms with Crippen LogP contribution in [0.4, 0.5) is 5.69 Å². The van der Waals surface area contributed by atoms with E-state index < -0.39 is 5.97 Å². The Morgan fingerprint density at radius 1 is 1.00 bits per heavy atom. The van der Waals surface area contributed by atoms with Crippen LogP contribution in [-0.2, 0) is 11.3 Å². The Labute approximate surface area is 206 Å². The number of guanidine groups is 1. The highest BCUT2D eigenvalue weighted by atomic mass is 127. The first kappa shape index (κ1) is 25.6. The molecule has 0 aromatic heterocycles. The molecule has 0 aliphatic carbocycles. The number of piperazine rings is 1. The molecule has 0 radical (unpaired) electrons. The summed E-state index contributed by atoms with van der Waals surface area (Å²) in [5.74, 6) is 1.79. The lowest BCUT2D eigenvalue weighted by Crippen LogP contribution is -2.52. The third-order valence-electron chi connectivity index (χ3n) is 5.34. The topological polar surface area (TPSA) is 75.6 Å². The summed E-state index contributed by atoms with van der Waals surface area (Å²) in [4.78, 5) is 21.0. The lowest BCUT2D eigenvalue weighted by atomic mass is 10.1. The Hall–Kier alpha value is -2.69. The lowest BCUT2D eigenvalue weighted by Gasteiger charge is -2.38. The van der Waals surface area contributed by atoms with Gasteiger partial charge in [0.05, 0.1) is 27.0 Å². The van der Waals surface area contributed by atoms with Gasteiger partial charge in [-0.05, 0) is 29.8 Å². The van der Waals surface area contributed by atoms with Gasteiger partial charge < -0.3 is 29.3 Å². The molecule has 0 bridgehead atoms. The number of ether oxygens (including phenoxy) is 3. The maximum atomic E-state index is 12.0. The number of methoxy groups -OCH3 is 3. The second-order valence-corrected chi connectivity index (χ2v) is 7.07. The number of anilines is 1. The Balaban J connectivity index is 0.00000363. The molecule has 1 N–H and O–H groups in total. The molecule has 2 aromatic rings. The zero-order chi connectivity index (χ0) is 22.2. The van der Waals surface area contributed by atoms with Crippen LogP contribution in [0.25, 0.3) is 0 Å². The third kappa shape index (κ3) is 5.96. The summed E-state index contributed by atoms with van der Waals surface area (Å²) >= 11 is 0. The van der Waals surface area contributed by atoms with Crippen LogP contribution >= 0.6 is 24.0 Å². The monoisotopic (exact) mass is 554 g/mol. The smallest absolute Gasteiger partial charge is 0.341 e. The average Bonchev–Trinajstić information content (AvgIpc) is 2.84. The second-order valence-electron chi connectivity index (χ2n) is 7.07. The summed E-state index contributed by atoms with van der Waals surface area (Å²) in [5, 5.41) is 3.39. The van der Waals surface area contributed by atoms with Gasteiger partial charge in [-0.15, -0.1) is 24.0 Å². The van der Waals surface area contributed by atoms with E-state index in [0.717, 1.165) is 49.1 Å². The normalized spacial score (nSPS) is 13.8. The fourth-order valence-electron chi connectivity index (χ4n) is 3.70. The standard InChI is InChI=1S/C23H30N4O4.HI/c1-24-23(25-16-17-9-10-20(29-2)18(15-17)22(28)31-4)27-13-11-26(12-14-27)19-7-5-6-8-21(19)30-3;/h5-10,15H,11-14,16H2,1-4H3,(H,24,25);1H. The average molecular weight is 554 g/mol. The van der Waals surface area contributed by atoms with Crippen LogP contribution in [-0.4, -0.2) is 71.4 Å². The summed E-state index contributed by atoms with van der Waals surface area (Å²) in [6.45, 7) is 3.96. The molecule has 1 saturated heterocycles. The number of carbonyl (C=O) groups is 1. The summed E-state index contributed by atoms with van der Waals surface area (Å²) in [7, 11) is 6.37. The number of nitrogens with one attached hydrogen (secondary N) is 1. The highest BCUT2D eigenvalue weighted by molar-refractivity contribution is 14.0. The van der Waals surface area contributed by atoms with Gasteiger partial charge in [0.15, 0.2) is 5.96 Å².